The summed E-state index contributed by atoms with van der Waals surface area (Å²) in [5.41, 5.74) is 4.08. The molecule has 3 rings (SSSR count). The van der Waals surface area contributed by atoms with Crippen molar-refractivity contribution in [2.24, 2.45) is 0 Å². The number of benzene rings is 1. The molecule has 94 valence electrons. The molecule has 0 atom stereocenters. The van der Waals surface area contributed by atoms with E-state index >= 15 is 0 Å². The van der Waals surface area contributed by atoms with E-state index in [4.69, 9.17) is 4.74 Å². The quantitative estimate of drug-likeness (QED) is 0.880. The third-order valence-corrected chi connectivity index (χ3v) is 3.93. The Kier molecular flexibility index (Phi) is 2.99. The second-order valence-electron chi connectivity index (χ2n) is 4.55. The van der Waals surface area contributed by atoms with Crippen molar-refractivity contribution in [2.75, 3.05) is 6.61 Å². The Morgan fingerprint density at radius 1 is 1.44 bits per heavy atom. The third kappa shape index (κ3) is 1.80. The molecule has 0 unspecified atom stereocenters. The molecule has 1 N–H and O–H groups in total. The molecule has 2 heterocycles. The van der Waals surface area contributed by atoms with Crippen LogP contribution in [0.2, 0.25) is 0 Å². The summed E-state index contributed by atoms with van der Waals surface area (Å²) >= 11 is 3.47. The zero-order chi connectivity index (χ0) is 12.7. The number of ether oxygens (including phenoxy) is 1. The maximum Gasteiger partial charge on any atom is 0.195 e. The molecule has 2 aromatic rings. The summed E-state index contributed by atoms with van der Waals surface area (Å²) in [4.78, 5) is 15.9. The molecule has 4 heteroatoms. The Bertz CT molecular complexity index is 676. The highest BCUT2D eigenvalue weighted by Crippen LogP contribution is 2.24. The van der Waals surface area contributed by atoms with Crippen LogP contribution in [-0.4, -0.2) is 11.6 Å². The van der Waals surface area contributed by atoms with Gasteiger partial charge in [0.05, 0.1) is 18.7 Å². The van der Waals surface area contributed by atoms with Gasteiger partial charge in [-0.3, -0.25) is 4.79 Å². The zero-order valence-corrected chi connectivity index (χ0v) is 11.8. The number of fused-ring (bicyclic) bond motifs is 2. The minimum absolute atomic E-state index is 0.106. The van der Waals surface area contributed by atoms with Gasteiger partial charge in [0.25, 0.3) is 0 Å². The molecule has 0 fully saturated rings. The van der Waals surface area contributed by atoms with E-state index in [9.17, 15) is 4.79 Å². The van der Waals surface area contributed by atoms with Gasteiger partial charge in [-0.25, -0.2) is 0 Å². The molecule has 1 aliphatic rings. The van der Waals surface area contributed by atoms with E-state index in [1.165, 1.54) is 5.56 Å². The predicted octanol–water partition coefficient (Wildman–Crippen LogP) is 2.93. The van der Waals surface area contributed by atoms with Gasteiger partial charge in [-0.15, -0.1) is 0 Å². The van der Waals surface area contributed by atoms with Crippen molar-refractivity contribution >= 4 is 26.8 Å². The number of aromatic nitrogens is 1. The van der Waals surface area contributed by atoms with Crippen LogP contribution in [0.3, 0.4) is 0 Å². The Hall–Kier alpha value is -1.13. The van der Waals surface area contributed by atoms with Crippen molar-refractivity contribution in [1.82, 2.24) is 4.98 Å². The smallest absolute Gasteiger partial charge is 0.195 e. The van der Waals surface area contributed by atoms with Crippen LogP contribution < -0.4 is 5.43 Å². The highest BCUT2D eigenvalue weighted by atomic mass is 79.9. The van der Waals surface area contributed by atoms with Gasteiger partial charge in [-0.2, -0.15) is 0 Å². The van der Waals surface area contributed by atoms with Crippen molar-refractivity contribution in [3.05, 3.63) is 43.6 Å². The van der Waals surface area contributed by atoms with Gasteiger partial charge >= 0.3 is 0 Å². The molecule has 0 saturated heterocycles. The molecule has 0 radical (unpaired) electrons. The highest BCUT2D eigenvalue weighted by Gasteiger charge is 2.17. The van der Waals surface area contributed by atoms with E-state index in [1.54, 1.807) is 0 Å². The van der Waals surface area contributed by atoms with Crippen LogP contribution in [0.15, 0.2) is 21.4 Å². The number of rotatable bonds is 1. The highest BCUT2D eigenvalue weighted by molar-refractivity contribution is 9.10. The van der Waals surface area contributed by atoms with Crippen LogP contribution in [0.25, 0.3) is 10.9 Å². The first-order valence-electron chi connectivity index (χ1n) is 6.14. The zero-order valence-electron chi connectivity index (χ0n) is 10.2. The molecule has 3 nitrogen and oxygen atoms in total. The molecule has 0 bridgehead atoms. The van der Waals surface area contributed by atoms with Crippen molar-refractivity contribution in [3.8, 4) is 0 Å². The van der Waals surface area contributed by atoms with Crippen molar-refractivity contribution < 1.29 is 4.74 Å². The molecule has 0 aliphatic carbocycles. The first kappa shape index (κ1) is 11.9. The number of pyridine rings is 1. The van der Waals surface area contributed by atoms with Gasteiger partial charge in [-0.1, -0.05) is 22.9 Å². The van der Waals surface area contributed by atoms with Crippen molar-refractivity contribution in [1.29, 1.82) is 0 Å². The monoisotopic (exact) mass is 307 g/mol. The average Bonchev–Trinajstić information content (AvgIpc) is 2.39. The summed E-state index contributed by atoms with van der Waals surface area (Å²) in [7, 11) is 0. The molecular formula is C14H14BrNO2. The molecular weight excluding hydrogens is 294 g/mol. The minimum Gasteiger partial charge on any atom is -0.376 e. The van der Waals surface area contributed by atoms with Crippen LogP contribution in [-0.2, 0) is 24.2 Å². The fourth-order valence-electron chi connectivity index (χ4n) is 2.51. The minimum atomic E-state index is 0.106. The molecule has 0 saturated carbocycles. The van der Waals surface area contributed by atoms with Crippen molar-refractivity contribution in [3.63, 3.8) is 0 Å². The molecule has 0 spiro atoms. The van der Waals surface area contributed by atoms with E-state index in [0.29, 0.717) is 13.2 Å². The topological polar surface area (TPSA) is 42.1 Å². The van der Waals surface area contributed by atoms with Gasteiger partial charge in [0, 0.05) is 27.5 Å². The van der Waals surface area contributed by atoms with Crippen LogP contribution in [0, 0.1) is 0 Å². The Labute approximate surface area is 113 Å². The van der Waals surface area contributed by atoms with E-state index in [1.807, 2.05) is 6.07 Å². The predicted molar refractivity (Wildman–Crippen MR) is 75.0 cm³/mol. The number of halogens is 1. The van der Waals surface area contributed by atoms with Gasteiger partial charge in [0.1, 0.15) is 0 Å². The summed E-state index contributed by atoms with van der Waals surface area (Å²) in [5, 5.41) is 0.755. The second kappa shape index (κ2) is 4.52. The molecule has 1 aliphatic heterocycles. The lowest BCUT2D eigenvalue weighted by Crippen LogP contribution is -2.22. The van der Waals surface area contributed by atoms with Crippen LogP contribution in [0.4, 0.5) is 0 Å². The molecule has 1 aromatic carbocycles. The summed E-state index contributed by atoms with van der Waals surface area (Å²) in [6, 6.07) is 3.96. The lowest BCUT2D eigenvalue weighted by atomic mass is 10.0. The van der Waals surface area contributed by atoms with Gasteiger partial charge in [-0.05, 0) is 24.1 Å². The number of aryl methyl sites for hydroxylation is 1. The summed E-state index contributed by atoms with van der Waals surface area (Å²) < 4.78 is 6.33. The number of nitrogens with one attached hydrogen (secondary N) is 1. The SMILES string of the molecule is CCc1cc(Br)cc2c(=O)c3c([nH]c12)CCOC3. The molecule has 18 heavy (non-hydrogen) atoms. The summed E-state index contributed by atoms with van der Waals surface area (Å²) in [5.74, 6) is 0. The van der Waals surface area contributed by atoms with Crippen LogP contribution in [0.1, 0.15) is 23.7 Å². The molecule has 0 amide bonds. The maximum atomic E-state index is 12.5. The summed E-state index contributed by atoms with van der Waals surface area (Å²) in [6.07, 6.45) is 1.70. The Morgan fingerprint density at radius 2 is 2.28 bits per heavy atom. The van der Waals surface area contributed by atoms with Gasteiger partial charge < -0.3 is 9.72 Å². The summed E-state index contributed by atoms with van der Waals surface area (Å²) in [6.45, 7) is 3.21. The second-order valence-corrected chi connectivity index (χ2v) is 5.47. The Balaban J connectivity index is 2.42. The van der Waals surface area contributed by atoms with E-state index in [-0.39, 0.29) is 5.43 Å². The number of hydrogen-bond acceptors (Lipinski definition) is 2. The van der Waals surface area contributed by atoms with Crippen LogP contribution >= 0.6 is 15.9 Å². The van der Waals surface area contributed by atoms with Crippen LogP contribution in [0.5, 0.6) is 0 Å². The van der Waals surface area contributed by atoms with Gasteiger partial charge in [0.15, 0.2) is 5.43 Å². The first-order valence-corrected chi connectivity index (χ1v) is 6.94. The maximum absolute atomic E-state index is 12.5. The van der Waals surface area contributed by atoms with E-state index < -0.39 is 0 Å². The fraction of sp³-hybridized carbons (Fsp3) is 0.357. The van der Waals surface area contributed by atoms with E-state index in [2.05, 4.69) is 33.9 Å². The normalized spacial score (nSPS) is 14.8. The lowest BCUT2D eigenvalue weighted by molar-refractivity contribution is 0.109. The molecule has 1 aromatic heterocycles. The standard InChI is InChI=1S/C14H14BrNO2/c1-2-8-5-9(15)6-10-13(8)16-12-3-4-18-7-11(12)14(10)17/h5-6H,2-4,7H2,1H3,(H,16,17). The third-order valence-electron chi connectivity index (χ3n) is 3.47. The largest absolute Gasteiger partial charge is 0.376 e. The number of hydrogen-bond donors (Lipinski definition) is 1. The van der Waals surface area contributed by atoms with E-state index in [0.717, 1.165) is 39.5 Å². The number of aromatic amines is 1. The number of H-pyrrole nitrogens is 1. The average molecular weight is 308 g/mol. The van der Waals surface area contributed by atoms with Crippen molar-refractivity contribution in [2.45, 2.75) is 26.4 Å². The first-order chi connectivity index (χ1) is 8.70. The fourth-order valence-corrected chi connectivity index (χ4v) is 3.01. The Morgan fingerprint density at radius 3 is 3.06 bits per heavy atom. The lowest BCUT2D eigenvalue weighted by Gasteiger charge is -2.17. The van der Waals surface area contributed by atoms with Gasteiger partial charge in [0.2, 0.25) is 0 Å².